The SMILES string of the molecule is CCN(CC)CCNC1(C(N)=O)CCC(C)CC1C. The van der Waals surface area contributed by atoms with Gasteiger partial charge in [-0.15, -0.1) is 0 Å². The predicted molar refractivity (Wildman–Crippen MR) is 79.9 cm³/mol. The molecule has 1 fully saturated rings. The lowest BCUT2D eigenvalue weighted by Gasteiger charge is -2.43. The first kappa shape index (κ1) is 16.4. The Morgan fingerprint density at radius 2 is 2.00 bits per heavy atom. The third-order valence-corrected chi connectivity index (χ3v) is 4.83. The van der Waals surface area contributed by atoms with E-state index in [9.17, 15) is 4.79 Å². The second-order valence-corrected chi connectivity index (χ2v) is 6.07. The van der Waals surface area contributed by atoms with Crippen LogP contribution >= 0.6 is 0 Å². The minimum absolute atomic E-state index is 0.175. The van der Waals surface area contributed by atoms with Gasteiger partial charge in [0, 0.05) is 13.1 Å². The summed E-state index contributed by atoms with van der Waals surface area (Å²) < 4.78 is 0. The van der Waals surface area contributed by atoms with Crippen LogP contribution in [0.3, 0.4) is 0 Å². The van der Waals surface area contributed by atoms with Gasteiger partial charge in [0.1, 0.15) is 5.54 Å². The maximum atomic E-state index is 12.0. The molecule has 1 rings (SSSR count). The van der Waals surface area contributed by atoms with Crippen molar-refractivity contribution in [3.05, 3.63) is 0 Å². The number of nitrogens with two attached hydrogens (primary N) is 1. The Morgan fingerprint density at radius 1 is 1.37 bits per heavy atom. The number of hydrogen-bond donors (Lipinski definition) is 2. The minimum atomic E-state index is -0.486. The smallest absolute Gasteiger partial charge is 0.238 e. The van der Waals surface area contributed by atoms with E-state index in [1.165, 1.54) is 0 Å². The van der Waals surface area contributed by atoms with Crippen LogP contribution in [0.25, 0.3) is 0 Å². The molecule has 1 amide bonds. The molecule has 0 saturated heterocycles. The monoisotopic (exact) mass is 269 g/mol. The molecule has 0 heterocycles. The summed E-state index contributed by atoms with van der Waals surface area (Å²) in [6, 6.07) is 0. The summed E-state index contributed by atoms with van der Waals surface area (Å²) in [4.78, 5) is 14.3. The molecule has 0 radical (unpaired) electrons. The molecule has 4 heteroatoms. The summed E-state index contributed by atoms with van der Waals surface area (Å²) >= 11 is 0. The molecule has 112 valence electrons. The highest BCUT2D eigenvalue weighted by atomic mass is 16.1. The normalized spacial score (nSPS) is 31.6. The quantitative estimate of drug-likeness (QED) is 0.738. The maximum Gasteiger partial charge on any atom is 0.238 e. The molecule has 1 saturated carbocycles. The van der Waals surface area contributed by atoms with Gasteiger partial charge in [-0.2, -0.15) is 0 Å². The largest absolute Gasteiger partial charge is 0.368 e. The van der Waals surface area contributed by atoms with Crippen LogP contribution in [0, 0.1) is 11.8 Å². The predicted octanol–water partition coefficient (Wildman–Crippen LogP) is 1.60. The van der Waals surface area contributed by atoms with Crippen LogP contribution in [0.1, 0.15) is 47.0 Å². The van der Waals surface area contributed by atoms with Gasteiger partial charge in [-0.05, 0) is 44.2 Å². The van der Waals surface area contributed by atoms with E-state index in [1.54, 1.807) is 0 Å². The van der Waals surface area contributed by atoms with E-state index in [1.807, 2.05) is 0 Å². The molecule has 0 aliphatic heterocycles. The molecule has 0 aromatic heterocycles. The molecular weight excluding hydrogens is 238 g/mol. The number of rotatable bonds is 7. The molecule has 0 spiro atoms. The fraction of sp³-hybridized carbons (Fsp3) is 0.933. The van der Waals surface area contributed by atoms with Gasteiger partial charge in [0.15, 0.2) is 0 Å². The van der Waals surface area contributed by atoms with E-state index < -0.39 is 5.54 Å². The van der Waals surface area contributed by atoms with Gasteiger partial charge < -0.3 is 16.0 Å². The van der Waals surface area contributed by atoms with E-state index in [4.69, 9.17) is 5.73 Å². The Labute approximate surface area is 118 Å². The molecule has 1 aliphatic rings. The van der Waals surface area contributed by atoms with Gasteiger partial charge >= 0.3 is 0 Å². The van der Waals surface area contributed by atoms with Crippen LogP contribution < -0.4 is 11.1 Å². The van der Waals surface area contributed by atoms with Crippen LogP contribution in [0.5, 0.6) is 0 Å². The number of amides is 1. The first-order valence-corrected chi connectivity index (χ1v) is 7.73. The van der Waals surface area contributed by atoms with E-state index >= 15 is 0 Å². The number of nitrogens with one attached hydrogen (secondary N) is 1. The van der Waals surface area contributed by atoms with E-state index in [0.717, 1.165) is 45.4 Å². The number of primary amides is 1. The van der Waals surface area contributed by atoms with Crippen LogP contribution in [-0.2, 0) is 4.79 Å². The minimum Gasteiger partial charge on any atom is -0.368 e. The van der Waals surface area contributed by atoms with Crippen molar-refractivity contribution < 1.29 is 4.79 Å². The van der Waals surface area contributed by atoms with Crippen molar-refractivity contribution in [2.24, 2.45) is 17.6 Å². The lowest BCUT2D eigenvalue weighted by Crippen LogP contribution is -2.62. The summed E-state index contributed by atoms with van der Waals surface area (Å²) in [6.07, 6.45) is 3.05. The van der Waals surface area contributed by atoms with Gasteiger partial charge in [0.25, 0.3) is 0 Å². The molecular formula is C15H31N3O. The van der Waals surface area contributed by atoms with E-state index in [-0.39, 0.29) is 5.91 Å². The van der Waals surface area contributed by atoms with Crippen LogP contribution in [0.2, 0.25) is 0 Å². The Balaban J connectivity index is 2.60. The lowest BCUT2D eigenvalue weighted by molar-refractivity contribution is -0.128. The van der Waals surface area contributed by atoms with Crippen molar-refractivity contribution in [1.29, 1.82) is 0 Å². The molecule has 3 atom stereocenters. The number of carbonyl (C=O) groups excluding carboxylic acids is 1. The average Bonchev–Trinajstić information content (AvgIpc) is 2.37. The Kier molecular flexibility index (Phi) is 6.27. The van der Waals surface area contributed by atoms with Crippen molar-refractivity contribution in [3.63, 3.8) is 0 Å². The van der Waals surface area contributed by atoms with Crippen molar-refractivity contribution >= 4 is 5.91 Å². The third-order valence-electron chi connectivity index (χ3n) is 4.83. The summed E-state index contributed by atoms with van der Waals surface area (Å²) in [7, 11) is 0. The molecule has 0 aromatic carbocycles. The van der Waals surface area contributed by atoms with Gasteiger partial charge in [-0.1, -0.05) is 27.7 Å². The fourth-order valence-electron chi connectivity index (χ4n) is 3.34. The molecule has 4 nitrogen and oxygen atoms in total. The third kappa shape index (κ3) is 3.93. The highest BCUT2D eigenvalue weighted by Gasteiger charge is 2.44. The molecule has 0 aromatic rings. The Bertz CT molecular complexity index is 291. The maximum absolute atomic E-state index is 12.0. The van der Waals surface area contributed by atoms with Crippen LogP contribution in [-0.4, -0.2) is 42.5 Å². The summed E-state index contributed by atoms with van der Waals surface area (Å²) in [5.41, 5.74) is 5.22. The second kappa shape index (κ2) is 7.25. The highest BCUT2D eigenvalue weighted by Crippen LogP contribution is 2.36. The van der Waals surface area contributed by atoms with Crippen molar-refractivity contribution in [3.8, 4) is 0 Å². The van der Waals surface area contributed by atoms with Crippen LogP contribution in [0.4, 0.5) is 0 Å². The van der Waals surface area contributed by atoms with Crippen LogP contribution in [0.15, 0.2) is 0 Å². The number of carbonyl (C=O) groups is 1. The highest BCUT2D eigenvalue weighted by molar-refractivity contribution is 5.85. The summed E-state index contributed by atoms with van der Waals surface area (Å²) in [5.74, 6) is 0.851. The van der Waals surface area contributed by atoms with Crippen molar-refractivity contribution in [2.75, 3.05) is 26.2 Å². The van der Waals surface area contributed by atoms with Crippen molar-refractivity contribution in [2.45, 2.75) is 52.5 Å². The zero-order valence-corrected chi connectivity index (χ0v) is 13.0. The Hall–Kier alpha value is -0.610. The number of likely N-dealkylation sites (N-methyl/N-ethyl adjacent to an activating group) is 1. The standard InChI is InChI=1S/C15H31N3O/c1-5-18(6-2)10-9-17-15(14(16)19)8-7-12(3)11-13(15)4/h12-13,17H,5-11H2,1-4H3,(H2,16,19). The zero-order valence-electron chi connectivity index (χ0n) is 13.0. The molecule has 1 aliphatic carbocycles. The van der Waals surface area contributed by atoms with E-state index in [0.29, 0.717) is 11.8 Å². The summed E-state index contributed by atoms with van der Waals surface area (Å²) in [5, 5.41) is 3.49. The van der Waals surface area contributed by atoms with Gasteiger partial charge in [-0.3, -0.25) is 4.79 Å². The van der Waals surface area contributed by atoms with Gasteiger partial charge in [0.2, 0.25) is 5.91 Å². The van der Waals surface area contributed by atoms with Gasteiger partial charge in [-0.25, -0.2) is 0 Å². The summed E-state index contributed by atoms with van der Waals surface area (Å²) in [6.45, 7) is 12.7. The fourth-order valence-corrected chi connectivity index (χ4v) is 3.34. The van der Waals surface area contributed by atoms with E-state index in [2.05, 4.69) is 37.9 Å². The molecule has 19 heavy (non-hydrogen) atoms. The number of hydrogen-bond acceptors (Lipinski definition) is 3. The molecule has 3 N–H and O–H groups in total. The second-order valence-electron chi connectivity index (χ2n) is 6.07. The molecule has 3 unspecified atom stereocenters. The average molecular weight is 269 g/mol. The lowest BCUT2D eigenvalue weighted by atomic mass is 9.69. The first-order valence-electron chi connectivity index (χ1n) is 7.73. The molecule has 0 bridgehead atoms. The topological polar surface area (TPSA) is 58.4 Å². The van der Waals surface area contributed by atoms with Crippen molar-refractivity contribution in [1.82, 2.24) is 10.2 Å². The number of nitrogens with zero attached hydrogens (tertiary/aromatic N) is 1. The zero-order chi connectivity index (χ0) is 14.5. The first-order chi connectivity index (χ1) is 8.96. The Morgan fingerprint density at radius 3 is 2.47 bits per heavy atom. The van der Waals surface area contributed by atoms with Gasteiger partial charge in [0.05, 0.1) is 0 Å².